The second-order valence-electron chi connectivity index (χ2n) is 10.2. The summed E-state index contributed by atoms with van der Waals surface area (Å²) >= 11 is 6.37. The third-order valence-electron chi connectivity index (χ3n) is 7.96. The van der Waals surface area contributed by atoms with Crippen LogP contribution in [0.15, 0.2) is 42.5 Å². The minimum Gasteiger partial charge on any atom is -0.497 e. The quantitative estimate of drug-likeness (QED) is 0.460. The Morgan fingerprint density at radius 3 is 2.51 bits per heavy atom. The molecule has 0 unspecified atom stereocenters. The molecule has 37 heavy (non-hydrogen) atoms. The Balaban J connectivity index is 1.55. The third kappa shape index (κ3) is 6.57. The predicted molar refractivity (Wildman–Crippen MR) is 148 cm³/mol. The van der Waals surface area contributed by atoms with Crippen molar-refractivity contribution in [1.82, 2.24) is 10.2 Å². The Hall–Kier alpha value is -2.77. The molecule has 1 heterocycles. The van der Waals surface area contributed by atoms with E-state index in [1.165, 1.54) is 6.92 Å². The molecule has 2 aromatic rings. The number of nitrogens with zero attached hydrogens (tertiary/aromatic N) is 2. The number of ether oxygens (including phenoxy) is 1. The largest absolute Gasteiger partial charge is 0.497 e. The monoisotopic (exact) mass is 529 g/mol. The number of aliphatic hydroxyl groups is 1. The van der Waals surface area contributed by atoms with E-state index in [0.29, 0.717) is 28.4 Å². The number of rotatable bonds is 10. The van der Waals surface area contributed by atoms with Gasteiger partial charge in [0.25, 0.3) is 11.8 Å². The first-order valence-corrected chi connectivity index (χ1v) is 13.3. The lowest BCUT2D eigenvalue weighted by Crippen LogP contribution is -2.44. The second kappa shape index (κ2) is 12.2. The minimum atomic E-state index is -1.62. The molecule has 1 fully saturated rings. The first-order chi connectivity index (χ1) is 17.6. The van der Waals surface area contributed by atoms with E-state index >= 15 is 0 Å². The van der Waals surface area contributed by atoms with Gasteiger partial charge in [0.2, 0.25) is 0 Å². The standard InChI is InChI=1S/C29H40ClN3O4/c1-6-29(14-17-33(18-15-29)22-11-12-24(25(30)20-22)26(34)31-3)13-8-16-32(4)27(35)28(2,36)21-9-7-10-23(19-21)37-5/h7,9-12,19-20,36H,6,8,13-18H2,1-5H3,(H,31,34)/t28-/m1/s1. The Kier molecular flexibility index (Phi) is 9.48. The van der Waals surface area contributed by atoms with Crippen molar-refractivity contribution in [3.05, 3.63) is 58.6 Å². The van der Waals surface area contributed by atoms with Crippen LogP contribution in [0.25, 0.3) is 0 Å². The highest BCUT2D eigenvalue weighted by atomic mass is 35.5. The number of hydrogen-bond acceptors (Lipinski definition) is 5. The summed E-state index contributed by atoms with van der Waals surface area (Å²) in [6.07, 6.45) is 5.08. The summed E-state index contributed by atoms with van der Waals surface area (Å²) in [5.41, 5.74) is 0.640. The number of piperidine rings is 1. The molecule has 2 amide bonds. The van der Waals surface area contributed by atoms with Gasteiger partial charge in [-0.05, 0) is 73.9 Å². The summed E-state index contributed by atoms with van der Waals surface area (Å²) in [5, 5.41) is 14.1. The van der Waals surface area contributed by atoms with Crippen molar-refractivity contribution >= 4 is 29.1 Å². The zero-order valence-electron chi connectivity index (χ0n) is 22.6. The van der Waals surface area contributed by atoms with Crippen molar-refractivity contribution in [2.45, 2.75) is 51.6 Å². The summed E-state index contributed by atoms with van der Waals surface area (Å²) in [6, 6.07) is 12.6. The number of halogens is 1. The average molecular weight is 530 g/mol. The van der Waals surface area contributed by atoms with Gasteiger partial charge in [0, 0.05) is 39.4 Å². The van der Waals surface area contributed by atoms with Crippen LogP contribution in [0.5, 0.6) is 5.75 Å². The van der Waals surface area contributed by atoms with Gasteiger partial charge in [-0.1, -0.05) is 37.1 Å². The molecular weight excluding hydrogens is 490 g/mol. The van der Waals surface area contributed by atoms with E-state index in [9.17, 15) is 14.7 Å². The fourth-order valence-corrected chi connectivity index (χ4v) is 5.51. The lowest BCUT2D eigenvalue weighted by Gasteiger charge is -2.43. The molecule has 2 N–H and O–H groups in total. The van der Waals surface area contributed by atoms with E-state index in [1.807, 2.05) is 12.1 Å². The van der Waals surface area contributed by atoms with E-state index in [4.69, 9.17) is 16.3 Å². The molecule has 8 heteroatoms. The van der Waals surface area contributed by atoms with Crippen LogP contribution in [0, 0.1) is 5.41 Å². The number of benzene rings is 2. The number of methoxy groups -OCH3 is 1. The highest BCUT2D eigenvalue weighted by Gasteiger charge is 2.36. The van der Waals surface area contributed by atoms with Crippen LogP contribution < -0.4 is 15.0 Å². The Labute approximate surface area is 225 Å². The number of anilines is 1. The van der Waals surface area contributed by atoms with Gasteiger partial charge in [-0.2, -0.15) is 0 Å². The van der Waals surface area contributed by atoms with Crippen molar-refractivity contribution in [2.24, 2.45) is 5.41 Å². The van der Waals surface area contributed by atoms with Gasteiger partial charge in [0.15, 0.2) is 5.60 Å². The normalized spacial score (nSPS) is 16.6. The molecule has 1 aliphatic heterocycles. The SMILES string of the molecule is CCC1(CCCN(C)C(=O)[C@](C)(O)c2cccc(OC)c2)CCN(c2ccc(C(=O)NC)c(Cl)c2)CC1. The number of likely N-dealkylation sites (N-methyl/N-ethyl adjacent to an activating group) is 1. The minimum absolute atomic E-state index is 0.186. The molecule has 0 aromatic heterocycles. The zero-order valence-corrected chi connectivity index (χ0v) is 23.4. The van der Waals surface area contributed by atoms with Gasteiger partial charge in [-0.15, -0.1) is 0 Å². The van der Waals surface area contributed by atoms with Crippen LogP contribution >= 0.6 is 11.6 Å². The first-order valence-electron chi connectivity index (χ1n) is 13.0. The lowest BCUT2D eigenvalue weighted by molar-refractivity contribution is -0.149. The smallest absolute Gasteiger partial charge is 0.258 e. The van der Waals surface area contributed by atoms with Crippen molar-refractivity contribution in [3.8, 4) is 5.75 Å². The van der Waals surface area contributed by atoms with Crippen LogP contribution in [0.3, 0.4) is 0 Å². The Morgan fingerprint density at radius 1 is 1.22 bits per heavy atom. The molecule has 202 valence electrons. The molecule has 0 aliphatic carbocycles. The fourth-order valence-electron chi connectivity index (χ4n) is 5.25. The number of amides is 2. The molecule has 7 nitrogen and oxygen atoms in total. The van der Waals surface area contributed by atoms with E-state index in [1.54, 1.807) is 56.4 Å². The number of hydrogen-bond donors (Lipinski definition) is 2. The lowest BCUT2D eigenvalue weighted by atomic mass is 9.72. The average Bonchev–Trinajstić information content (AvgIpc) is 2.92. The van der Waals surface area contributed by atoms with Gasteiger partial charge in [-0.3, -0.25) is 9.59 Å². The van der Waals surface area contributed by atoms with Crippen LogP contribution in [-0.2, 0) is 10.4 Å². The number of nitrogens with one attached hydrogen (secondary N) is 1. The van der Waals surface area contributed by atoms with Crippen molar-refractivity contribution in [3.63, 3.8) is 0 Å². The maximum absolute atomic E-state index is 13.1. The van der Waals surface area contributed by atoms with Gasteiger partial charge in [0.1, 0.15) is 5.75 Å². The molecular formula is C29H40ClN3O4. The summed E-state index contributed by atoms with van der Waals surface area (Å²) < 4.78 is 5.24. The fraction of sp³-hybridized carbons (Fsp3) is 0.517. The van der Waals surface area contributed by atoms with Crippen molar-refractivity contribution in [1.29, 1.82) is 0 Å². The maximum atomic E-state index is 13.1. The van der Waals surface area contributed by atoms with Crippen LogP contribution in [0.4, 0.5) is 5.69 Å². The topological polar surface area (TPSA) is 82.1 Å². The van der Waals surface area contributed by atoms with E-state index < -0.39 is 5.60 Å². The van der Waals surface area contributed by atoms with Crippen LogP contribution in [-0.4, -0.2) is 62.7 Å². The van der Waals surface area contributed by atoms with Crippen LogP contribution in [0.1, 0.15) is 61.9 Å². The van der Waals surface area contributed by atoms with Crippen LogP contribution in [0.2, 0.25) is 5.02 Å². The maximum Gasteiger partial charge on any atom is 0.258 e. The molecule has 2 aromatic carbocycles. The van der Waals surface area contributed by atoms with Gasteiger partial charge < -0.3 is 25.0 Å². The van der Waals surface area contributed by atoms with E-state index in [0.717, 1.165) is 50.9 Å². The Bertz CT molecular complexity index is 1100. The van der Waals surface area contributed by atoms with Gasteiger partial charge in [0.05, 0.1) is 17.7 Å². The third-order valence-corrected chi connectivity index (χ3v) is 8.27. The summed E-state index contributed by atoms with van der Waals surface area (Å²) in [4.78, 5) is 29.0. The molecule has 0 spiro atoms. The second-order valence-corrected chi connectivity index (χ2v) is 10.6. The summed E-state index contributed by atoms with van der Waals surface area (Å²) in [6.45, 7) is 6.21. The first kappa shape index (κ1) is 28.8. The highest BCUT2D eigenvalue weighted by Crippen LogP contribution is 2.41. The molecule has 1 atom stereocenters. The molecule has 1 saturated heterocycles. The number of carbonyl (C=O) groups excluding carboxylic acids is 2. The number of carbonyl (C=O) groups is 2. The summed E-state index contributed by atoms with van der Waals surface area (Å²) in [7, 11) is 4.91. The van der Waals surface area contributed by atoms with E-state index in [-0.39, 0.29) is 17.2 Å². The molecule has 0 radical (unpaired) electrons. The van der Waals surface area contributed by atoms with Crippen molar-refractivity contribution < 1.29 is 19.4 Å². The van der Waals surface area contributed by atoms with Gasteiger partial charge >= 0.3 is 0 Å². The predicted octanol–water partition coefficient (Wildman–Crippen LogP) is 4.85. The molecule has 3 rings (SSSR count). The van der Waals surface area contributed by atoms with E-state index in [2.05, 4.69) is 17.1 Å². The summed E-state index contributed by atoms with van der Waals surface area (Å²) in [5.74, 6) is 0.0981. The molecule has 0 saturated carbocycles. The molecule has 0 bridgehead atoms. The zero-order chi connectivity index (χ0) is 27.2. The van der Waals surface area contributed by atoms with Crippen molar-refractivity contribution in [2.75, 3.05) is 45.7 Å². The highest BCUT2D eigenvalue weighted by molar-refractivity contribution is 6.34. The molecule has 1 aliphatic rings. The Morgan fingerprint density at radius 2 is 1.92 bits per heavy atom. The van der Waals surface area contributed by atoms with Gasteiger partial charge in [-0.25, -0.2) is 0 Å².